The zero-order valence-electron chi connectivity index (χ0n) is 17.9. The van der Waals surface area contributed by atoms with Gasteiger partial charge in [0, 0.05) is 18.7 Å². The van der Waals surface area contributed by atoms with Gasteiger partial charge in [0.25, 0.3) is 5.56 Å². The lowest BCUT2D eigenvalue weighted by molar-refractivity contribution is -0.121. The molecular formula is C24H23N5O2S. The number of rotatable bonds is 5. The number of carbonyl (C=O) groups is 1. The minimum atomic E-state index is -0.222. The number of amides is 1. The third kappa shape index (κ3) is 3.82. The highest BCUT2D eigenvalue weighted by atomic mass is 32.2. The summed E-state index contributed by atoms with van der Waals surface area (Å²) in [6.45, 7) is 4.52. The fourth-order valence-corrected chi connectivity index (χ4v) is 5.05. The van der Waals surface area contributed by atoms with Crippen molar-refractivity contribution in [3.05, 3.63) is 81.8 Å². The quantitative estimate of drug-likeness (QED) is 0.475. The number of fused-ring (bicyclic) bond motifs is 2. The van der Waals surface area contributed by atoms with Crippen LogP contribution in [-0.2, 0) is 11.3 Å². The van der Waals surface area contributed by atoms with Crippen LogP contribution in [0.4, 0.5) is 0 Å². The van der Waals surface area contributed by atoms with Crippen molar-refractivity contribution in [2.45, 2.75) is 38.0 Å². The maximum absolute atomic E-state index is 13.3. The summed E-state index contributed by atoms with van der Waals surface area (Å²) in [5.74, 6) is 0.566. The van der Waals surface area contributed by atoms with E-state index in [1.165, 1.54) is 17.3 Å². The Morgan fingerprint density at radius 2 is 1.97 bits per heavy atom. The Labute approximate surface area is 189 Å². The normalized spacial score (nSPS) is 15.1. The summed E-state index contributed by atoms with van der Waals surface area (Å²) in [4.78, 5) is 30.6. The minimum Gasteiger partial charge on any atom is -0.352 e. The summed E-state index contributed by atoms with van der Waals surface area (Å²) in [5.41, 5.74) is 4.61. The second kappa shape index (κ2) is 8.27. The van der Waals surface area contributed by atoms with Crippen molar-refractivity contribution < 1.29 is 4.79 Å². The highest BCUT2D eigenvalue weighted by Gasteiger charge is 2.29. The van der Waals surface area contributed by atoms with Gasteiger partial charge in [0.15, 0.2) is 10.8 Å². The van der Waals surface area contributed by atoms with Gasteiger partial charge in [-0.3, -0.25) is 14.2 Å². The van der Waals surface area contributed by atoms with E-state index in [1.54, 1.807) is 15.4 Å². The topological polar surface area (TPSA) is 81.8 Å². The molecule has 4 aromatic rings. The first-order valence-electron chi connectivity index (χ1n) is 10.5. The van der Waals surface area contributed by atoms with E-state index in [1.807, 2.05) is 62.4 Å². The lowest BCUT2D eigenvalue weighted by Crippen LogP contribution is -2.30. The van der Waals surface area contributed by atoms with E-state index < -0.39 is 0 Å². The Balaban J connectivity index is 1.38. The Morgan fingerprint density at radius 3 is 2.75 bits per heavy atom. The molecule has 7 nitrogen and oxygen atoms in total. The first-order valence-corrected chi connectivity index (χ1v) is 11.5. The molecule has 2 aromatic carbocycles. The van der Waals surface area contributed by atoms with Gasteiger partial charge in [-0.25, -0.2) is 9.67 Å². The maximum Gasteiger partial charge on any atom is 0.265 e. The van der Waals surface area contributed by atoms with Crippen LogP contribution in [0.3, 0.4) is 0 Å². The number of carbonyl (C=O) groups excluding carboxylic acids is 1. The van der Waals surface area contributed by atoms with Crippen LogP contribution in [0.1, 0.15) is 29.2 Å². The number of aromatic nitrogens is 4. The highest BCUT2D eigenvalue weighted by Crippen LogP contribution is 2.33. The van der Waals surface area contributed by atoms with E-state index in [0.29, 0.717) is 28.5 Å². The second-order valence-electron chi connectivity index (χ2n) is 8.13. The number of aryl methyl sites for hydroxylation is 2. The lowest BCUT2D eigenvalue weighted by Gasteiger charge is -2.13. The largest absolute Gasteiger partial charge is 0.352 e. The van der Waals surface area contributed by atoms with Gasteiger partial charge in [0.2, 0.25) is 5.91 Å². The summed E-state index contributed by atoms with van der Waals surface area (Å²) in [6, 6.07) is 15.8. The van der Waals surface area contributed by atoms with Crippen molar-refractivity contribution in [2.75, 3.05) is 5.75 Å². The molecule has 0 aliphatic carbocycles. The maximum atomic E-state index is 13.3. The Morgan fingerprint density at radius 1 is 1.16 bits per heavy atom. The molecule has 0 spiro atoms. The van der Waals surface area contributed by atoms with Crippen LogP contribution in [0.5, 0.6) is 0 Å². The van der Waals surface area contributed by atoms with Crippen LogP contribution in [-0.4, -0.2) is 31.0 Å². The molecule has 1 aliphatic heterocycles. The van der Waals surface area contributed by atoms with Gasteiger partial charge in [-0.05, 0) is 37.1 Å². The Bertz CT molecular complexity index is 1370. The van der Waals surface area contributed by atoms with Gasteiger partial charge in [-0.2, -0.15) is 5.10 Å². The van der Waals surface area contributed by atoms with E-state index >= 15 is 0 Å². The zero-order valence-corrected chi connectivity index (χ0v) is 18.7. The predicted octanol–water partition coefficient (Wildman–Crippen LogP) is 3.55. The van der Waals surface area contributed by atoms with Gasteiger partial charge in [-0.15, -0.1) is 0 Å². The summed E-state index contributed by atoms with van der Waals surface area (Å²) >= 11 is 1.50. The molecule has 1 aliphatic rings. The molecule has 32 heavy (non-hydrogen) atoms. The number of thioether (sulfide) groups is 1. The van der Waals surface area contributed by atoms with Crippen LogP contribution in [0.15, 0.2) is 64.7 Å². The minimum absolute atomic E-state index is 0.0773. The molecule has 5 rings (SSSR count). The molecule has 1 amide bonds. The van der Waals surface area contributed by atoms with Crippen molar-refractivity contribution in [1.82, 2.24) is 24.6 Å². The molecule has 1 unspecified atom stereocenters. The van der Waals surface area contributed by atoms with Crippen molar-refractivity contribution in [2.24, 2.45) is 0 Å². The molecule has 0 saturated carbocycles. The summed E-state index contributed by atoms with van der Waals surface area (Å²) in [6.07, 6.45) is 1.81. The Hall–Kier alpha value is -3.39. The first-order chi connectivity index (χ1) is 15.5. The molecule has 0 fully saturated rings. The van der Waals surface area contributed by atoms with Gasteiger partial charge in [-0.1, -0.05) is 53.7 Å². The number of hydrogen-bond donors (Lipinski definition) is 1. The molecule has 8 heteroatoms. The molecule has 3 heterocycles. The van der Waals surface area contributed by atoms with Gasteiger partial charge < -0.3 is 5.32 Å². The van der Waals surface area contributed by atoms with Gasteiger partial charge in [0.1, 0.15) is 5.39 Å². The fourth-order valence-electron chi connectivity index (χ4n) is 3.92. The molecular weight excluding hydrogens is 422 g/mol. The predicted molar refractivity (Wildman–Crippen MR) is 125 cm³/mol. The van der Waals surface area contributed by atoms with Crippen LogP contribution in [0, 0.1) is 13.8 Å². The van der Waals surface area contributed by atoms with Crippen molar-refractivity contribution in [1.29, 1.82) is 0 Å². The molecule has 1 atom stereocenters. The fraction of sp³-hybridized carbons (Fsp3) is 0.250. The van der Waals surface area contributed by atoms with E-state index in [4.69, 9.17) is 4.98 Å². The highest BCUT2D eigenvalue weighted by molar-refractivity contribution is 7.99. The summed E-state index contributed by atoms with van der Waals surface area (Å²) in [7, 11) is 0. The average Bonchev–Trinajstić information content (AvgIpc) is 3.38. The van der Waals surface area contributed by atoms with Crippen molar-refractivity contribution >= 4 is 28.7 Å². The number of nitrogens with one attached hydrogen (secondary N) is 1. The van der Waals surface area contributed by atoms with Crippen LogP contribution in [0.25, 0.3) is 16.7 Å². The third-order valence-electron chi connectivity index (χ3n) is 5.65. The molecule has 0 radical (unpaired) electrons. The summed E-state index contributed by atoms with van der Waals surface area (Å²) < 4.78 is 3.35. The number of benzene rings is 2. The van der Waals surface area contributed by atoms with Crippen molar-refractivity contribution in [3.63, 3.8) is 0 Å². The SMILES string of the molecule is Cc1ccc(CNC(=O)CC2CSc3nc4c(cnn4-c4cccc(C)c4)c(=O)n32)cc1. The molecule has 162 valence electrons. The average molecular weight is 446 g/mol. The number of hydrogen-bond acceptors (Lipinski definition) is 5. The van der Waals surface area contributed by atoms with E-state index in [2.05, 4.69) is 10.4 Å². The molecule has 2 aromatic heterocycles. The standard InChI is InChI=1S/C24H23N5O2S/c1-15-6-8-17(9-7-15)12-25-21(30)11-19-14-32-24-27-22-20(23(31)28(19)24)13-26-29(22)18-5-3-4-16(2)10-18/h3-10,13,19H,11-12,14H2,1-2H3,(H,25,30). The van der Waals surface area contributed by atoms with E-state index in [-0.39, 0.29) is 23.9 Å². The van der Waals surface area contributed by atoms with Crippen LogP contribution >= 0.6 is 11.8 Å². The van der Waals surface area contributed by atoms with E-state index in [0.717, 1.165) is 16.8 Å². The van der Waals surface area contributed by atoms with Crippen molar-refractivity contribution in [3.8, 4) is 5.69 Å². The van der Waals surface area contributed by atoms with Gasteiger partial charge >= 0.3 is 0 Å². The molecule has 0 saturated heterocycles. The third-order valence-corrected chi connectivity index (χ3v) is 6.75. The number of nitrogens with zero attached hydrogens (tertiary/aromatic N) is 4. The lowest BCUT2D eigenvalue weighted by atomic mass is 10.1. The monoisotopic (exact) mass is 445 g/mol. The summed E-state index contributed by atoms with van der Waals surface area (Å²) in [5, 5.41) is 8.47. The second-order valence-corrected chi connectivity index (χ2v) is 9.12. The van der Waals surface area contributed by atoms with Crippen LogP contribution in [0.2, 0.25) is 0 Å². The Kier molecular flexibility index (Phi) is 5.30. The molecule has 0 bridgehead atoms. The smallest absolute Gasteiger partial charge is 0.265 e. The molecule has 1 N–H and O–H groups in total. The van der Waals surface area contributed by atoms with Gasteiger partial charge in [0.05, 0.1) is 17.9 Å². The van der Waals surface area contributed by atoms with E-state index in [9.17, 15) is 9.59 Å². The first kappa shape index (κ1) is 20.5. The van der Waals surface area contributed by atoms with Crippen LogP contribution < -0.4 is 10.9 Å². The zero-order chi connectivity index (χ0) is 22.2.